The zero-order valence-electron chi connectivity index (χ0n) is 34.8. The molecule has 0 aliphatic rings. The zero-order chi connectivity index (χ0) is 48.6. The number of benzene rings is 5. The fraction of sp³-hybridized carbons (Fsp3) is 0.182. The summed E-state index contributed by atoms with van der Waals surface area (Å²) in [5.41, 5.74) is 2.16. The lowest BCUT2D eigenvalue weighted by atomic mass is 10.0. The van der Waals surface area contributed by atoms with Crippen molar-refractivity contribution in [3.05, 3.63) is 135 Å². The van der Waals surface area contributed by atoms with E-state index >= 15 is 0 Å². The van der Waals surface area contributed by atoms with Crippen molar-refractivity contribution in [3.63, 3.8) is 0 Å². The van der Waals surface area contributed by atoms with Gasteiger partial charge >= 0.3 is 0 Å². The molecule has 0 aliphatic carbocycles. The Kier molecular flexibility index (Phi) is 18.1. The van der Waals surface area contributed by atoms with Crippen LogP contribution in [0.1, 0.15) is 59.5 Å². The van der Waals surface area contributed by atoms with Gasteiger partial charge in [-0.3, -0.25) is 28.8 Å². The van der Waals surface area contributed by atoms with Crippen LogP contribution in [-0.4, -0.2) is 47.3 Å². The minimum atomic E-state index is -1.63. The molecule has 342 valence electrons. The molecule has 0 aliphatic heterocycles. The Balaban J connectivity index is 1.32. The van der Waals surface area contributed by atoms with Gasteiger partial charge in [0.05, 0.1) is 41.5 Å². The molecule has 14 nitrogen and oxygen atoms in total. The highest BCUT2D eigenvalue weighted by atomic mass is 35.5. The van der Waals surface area contributed by atoms with Gasteiger partial charge in [-0.2, -0.15) is 20.5 Å². The maximum Gasteiger partial charge on any atom is 0.258 e. The molecule has 5 rings (SSSR count). The Morgan fingerprint density at radius 3 is 1.17 bits per heavy atom. The molecular formula is C44H34Cl8N8O6. The van der Waals surface area contributed by atoms with Crippen LogP contribution in [0, 0.1) is 0 Å². The molecule has 22 heteroatoms. The van der Waals surface area contributed by atoms with E-state index in [0.717, 1.165) is 13.8 Å². The van der Waals surface area contributed by atoms with Crippen LogP contribution in [0.25, 0.3) is 0 Å². The number of hydrogen-bond donors (Lipinski definition) is 4. The highest BCUT2D eigenvalue weighted by Crippen LogP contribution is 2.36. The number of carbonyl (C=O) groups is 6. The molecular weight excluding hydrogens is 1020 g/mol. The predicted octanol–water partition coefficient (Wildman–Crippen LogP) is 13.9. The molecule has 5 aromatic carbocycles. The highest BCUT2D eigenvalue weighted by molar-refractivity contribution is 6.46. The second-order valence-electron chi connectivity index (χ2n) is 14.0. The van der Waals surface area contributed by atoms with Crippen molar-refractivity contribution in [2.45, 2.75) is 52.6 Å². The van der Waals surface area contributed by atoms with Gasteiger partial charge in [0, 0.05) is 32.5 Å². The number of azo groups is 2. The molecule has 4 N–H and O–H groups in total. The van der Waals surface area contributed by atoms with Gasteiger partial charge in [-0.25, -0.2) is 0 Å². The Morgan fingerprint density at radius 2 is 0.833 bits per heavy atom. The SMILES string of the molecule is CCc1cc(NC(=O)C(N=Nc2cc(C(=O)Nc3cc(Cl)cc(Cl)c3Cl)ccc2Cl)C(C)=O)c(CC)cc1NC(=O)C(N=Nc1cc(C(=O)Nc2cc(Cl)cc(Cl)c2Cl)ccc1Cl)C(C)=O. The first kappa shape index (κ1) is 51.8. The second-order valence-corrected chi connectivity index (χ2v) is 17.3. The third-order valence-corrected chi connectivity index (χ3v) is 12.0. The number of ketones is 2. The molecule has 0 saturated carbocycles. The summed E-state index contributed by atoms with van der Waals surface area (Å²) in [7, 11) is 0. The van der Waals surface area contributed by atoms with Gasteiger partial charge < -0.3 is 21.3 Å². The van der Waals surface area contributed by atoms with Crippen molar-refractivity contribution in [3.8, 4) is 0 Å². The summed E-state index contributed by atoms with van der Waals surface area (Å²) in [6.45, 7) is 5.92. The van der Waals surface area contributed by atoms with Gasteiger partial charge in [-0.1, -0.05) is 107 Å². The Labute approximate surface area is 417 Å². The number of hydrogen-bond acceptors (Lipinski definition) is 10. The van der Waals surface area contributed by atoms with Crippen LogP contribution in [0.2, 0.25) is 40.2 Å². The molecule has 0 aromatic heterocycles. The predicted molar refractivity (Wildman–Crippen MR) is 262 cm³/mol. The van der Waals surface area contributed by atoms with Crippen molar-refractivity contribution in [1.82, 2.24) is 0 Å². The van der Waals surface area contributed by atoms with Gasteiger partial charge in [0.25, 0.3) is 23.6 Å². The van der Waals surface area contributed by atoms with Crippen molar-refractivity contribution < 1.29 is 28.8 Å². The van der Waals surface area contributed by atoms with Crippen LogP contribution in [0.3, 0.4) is 0 Å². The van der Waals surface area contributed by atoms with E-state index in [1.165, 1.54) is 60.7 Å². The number of anilines is 4. The van der Waals surface area contributed by atoms with E-state index in [1.807, 2.05) is 0 Å². The van der Waals surface area contributed by atoms with Gasteiger partial charge in [0.2, 0.25) is 12.1 Å². The van der Waals surface area contributed by atoms with E-state index in [4.69, 9.17) is 92.8 Å². The topological polar surface area (TPSA) is 200 Å². The van der Waals surface area contributed by atoms with Crippen molar-refractivity contribution in [1.29, 1.82) is 0 Å². The third-order valence-electron chi connectivity index (χ3n) is 9.33. The molecule has 0 saturated heterocycles. The smallest absolute Gasteiger partial charge is 0.258 e. The number of nitrogens with zero attached hydrogens (tertiary/aromatic N) is 4. The van der Waals surface area contributed by atoms with E-state index in [0.29, 0.717) is 35.3 Å². The Morgan fingerprint density at radius 1 is 0.470 bits per heavy atom. The molecule has 66 heavy (non-hydrogen) atoms. The quantitative estimate of drug-likeness (QED) is 0.0430. The van der Waals surface area contributed by atoms with E-state index in [-0.39, 0.29) is 74.1 Å². The number of nitrogens with one attached hydrogen (secondary N) is 4. The minimum absolute atomic E-state index is 0.0181. The molecule has 0 fully saturated rings. The molecule has 2 atom stereocenters. The van der Waals surface area contributed by atoms with Crippen molar-refractivity contribution in [2.24, 2.45) is 20.5 Å². The van der Waals surface area contributed by atoms with Gasteiger partial charge in [-0.05, 0) is 111 Å². The maximum absolute atomic E-state index is 13.6. The number of amides is 4. The molecule has 0 heterocycles. The summed E-state index contributed by atoms with van der Waals surface area (Å²) in [6, 6.07) is 13.8. The van der Waals surface area contributed by atoms with Crippen LogP contribution in [0.4, 0.5) is 34.1 Å². The number of aryl methyl sites for hydroxylation is 2. The van der Waals surface area contributed by atoms with Gasteiger partial charge in [0.1, 0.15) is 11.4 Å². The molecule has 4 amide bonds. The number of halogens is 8. The van der Waals surface area contributed by atoms with Crippen molar-refractivity contribution in [2.75, 3.05) is 21.3 Å². The monoisotopic (exact) mass is 1050 g/mol. The maximum atomic E-state index is 13.6. The summed E-state index contributed by atoms with van der Waals surface area (Å²) in [4.78, 5) is 78.9. The fourth-order valence-electron chi connectivity index (χ4n) is 5.93. The van der Waals surface area contributed by atoms with E-state index < -0.39 is 47.3 Å². The lowest BCUT2D eigenvalue weighted by molar-refractivity contribution is -0.127. The van der Waals surface area contributed by atoms with Crippen molar-refractivity contribution >= 4 is 162 Å². The van der Waals surface area contributed by atoms with Crippen LogP contribution >= 0.6 is 92.8 Å². The molecule has 0 spiro atoms. The number of Topliss-reactive ketones (excluding diaryl/α,β-unsaturated/α-hetero) is 2. The molecule has 5 aromatic rings. The van der Waals surface area contributed by atoms with Crippen LogP contribution < -0.4 is 21.3 Å². The fourth-order valence-corrected chi connectivity index (χ4v) is 7.54. The number of carbonyl (C=O) groups excluding carboxylic acids is 6. The largest absolute Gasteiger partial charge is 0.323 e. The summed E-state index contributed by atoms with van der Waals surface area (Å²) >= 11 is 49.4. The standard InChI is InChI=1S/C44H34Cl8N8O6/c1-5-21-11-32(54-44(66)40(20(4)62)60-58-34-14-24(8-10-28(34)48)42(64)56-36-18-26(46)16-30(50)38(36)52)22(6-2)12-31(21)53-43(65)39(19(3)61)59-57-33-13-23(7-9-27(33)47)41(63)55-35-17-25(45)15-29(49)37(35)51/h7-18,39-40H,5-6H2,1-4H3,(H,53,65)(H,54,66)(H,55,63)(H,56,64). The third kappa shape index (κ3) is 13.0. The lowest BCUT2D eigenvalue weighted by Crippen LogP contribution is -2.33. The summed E-state index contributed by atoms with van der Waals surface area (Å²) in [5, 5.41) is 27.8. The normalized spacial score (nSPS) is 12.2. The van der Waals surface area contributed by atoms with Gasteiger partial charge in [0.15, 0.2) is 11.6 Å². The first-order valence-corrected chi connectivity index (χ1v) is 22.3. The zero-order valence-corrected chi connectivity index (χ0v) is 40.8. The number of rotatable bonds is 16. The van der Waals surface area contributed by atoms with Gasteiger partial charge in [-0.15, -0.1) is 0 Å². The molecule has 0 bridgehead atoms. The Hall–Kier alpha value is -5.16. The van der Waals surface area contributed by atoms with E-state index in [2.05, 4.69) is 41.7 Å². The summed E-state index contributed by atoms with van der Waals surface area (Å²) < 4.78 is 0. The van der Waals surface area contributed by atoms with E-state index in [1.54, 1.807) is 26.0 Å². The molecule has 0 radical (unpaired) electrons. The average Bonchev–Trinajstić information content (AvgIpc) is 3.25. The van der Waals surface area contributed by atoms with Crippen LogP contribution in [-0.2, 0) is 32.0 Å². The first-order valence-electron chi connectivity index (χ1n) is 19.3. The average molecular weight is 1050 g/mol. The summed E-state index contributed by atoms with van der Waals surface area (Å²) in [5.74, 6) is -4.20. The van der Waals surface area contributed by atoms with Crippen LogP contribution in [0.5, 0.6) is 0 Å². The summed E-state index contributed by atoms with van der Waals surface area (Å²) in [6.07, 6.45) is 0.696. The second kappa shape index (κ2) is 23.0. The minimum Gasteiger partial charge on any atom is -0.323 e. The highest BCUT2D eigenvalue weighted by Gasteiger charge is 2.27. The van der Waals surface area contributed by atoms with E-state index in [9.17, 15) is 28.8 Å². The lowest BCUT2D eigenvalue weighted by Gasteiger charge is -2.18. The Bertz CT molecular complexity index is 2670. The first-order chi connectivity index (χ1) is 31.2. The molecule has 2 unspecified atom stereocenters. The van der Waals surface area contributed by atoms with Crippen LogP contribution in [0.15, 0.2) is 93.3 Å².